The van der Waals surface area contributed by atoms with E-state index in [0.717, 1.165) is 37.7 Å². The third kappa shape index (κ3) is 5.36. The highest BCUT2D eigenvalue weighted by atomic mass is 32.2. The second-order valence-corrected chi connectivity index (χ2v) is 5.57. The van der Waals surface area contributed by atoms with Crippen molar-refractivity contribution in [3.63, 3.8) is 0 Å². The van der Waals surface area contributed by atoms with Crippen molar-refractivity contribution in [1.82, 2.24) is 15.1 Å². The Morgan fingerprint density at radius 3 is 2.90 bits per heavy atom. The van der Waals surface area contributed by atoms with Crippen LogP contribution in [-0.4, -0.2) is 35.8 Å². The molecule has 20 heavy (non-hydrogen) atoms. The van der Waals surface area contributed by atoms with Crippen LogP contribution in [0.4, 0.5) is 0 Å². The summed E-state index contributed by atoms with van der Waals surface area (Å²) in [6, 6.07) is 12.5. The molecule has 5 heteroatoms. The van der Waals surface area contributed by atoms with Crippen LogP contribution in [0.5, 0.6) is 0 Å². The standard InChI is InChI=1S/C15H21N3OS/c1-19-11-8-16-13-14-7-9-18(17-14)10-12-20-15-5-3-2-4-6-15/h2-7,9,16H,8,10-13H2,1H3. The minimum atomic E-state index is 0.731. The zero-order chi connectivity index (χ0) is 14.0. The first-order chi connectivity index (χ1) is 9.88. The van der Waals surface area contributed by atoms with Crippen LogP contribution >= 0.6 is 11.8 Å². The van der Waals surface area contributed by atoms with E-state index in [1.165, 1.54) is 4.90 Å². The molecular weight excluding hydrogens is 270 g/mol. The molecule has 0 unspecified atom stereocenters. The Morgan fingerprint density at radius 1 is 1.25 bits per heavy atom. The van der Waals surface area contributed by atoms with Gasteiger partial charge in [-0.15, -0.1) is 11.8 Å². The van der Waals surface area contributed by atoms with E-state index in [1.54, 1.807) is 7.11 Å². The molecule has 0 saturated heterocycles. The molecular formula is C15H21N3OS. The first-order valence-electron chi connectivity index (χ1n) is 6.78. The summed E-state index contributed by atoms with van der Waals surface area (Å²) in [5, 5.41) is 7.83. The summed E-state index contributed by atoms with van der Waals surface area (Å²) in [5.74, 6) is 1.03. The number of hydrogen-bond donors (Lipinski definition) is 1. The topological polar surface area (TPSA) is 39.1 Å². The van der Waals surface area contributed by atoms with E-state index >= 15 is 0 Å². The lowest BCUT2D eigenvalue weighted by Crippen LogP contribution is -2.19. The predicted molar refractivity (Wildman–Crippen MR) is 83.0 cm³/mol. The van der Waals surface area contributed by atoms with Crippen molar-refractivity contribution < 1.29 is 4.74 Å². The Labute approximate surface area is 124 Å². The average molecular weight is 291 g/mol. The number of nitrogens with zero attached hydrogens (tertiary/aromatic N) is 2. The van der Waals surface area contributed by atoms with E-state index in [9.17, 15) is 0 Å². The number of ether oxygens (including phenoxy) is 1. The van der Waals surface area contributed by atoms with Gasteiger partial charge in [0.2, 0.25) is 0 Å². The van der Waals surface area contributed by atoms with E-state index in [4.69, 9.17) is 4.74 Å². The fraction of sp³-hybridized carbons (Fsp3) is 0.400. The number of nitrogens with one attached hydrogen (secondary N) is 1. The second kappa shape index (κ2) is 8.79. The highest BCUT2D eigenvalue weighted by molar-refractivity contribution is 7.99. The molecule has 0 radical (unpaired) electrons. The Bertz CT molecular complexity index is 487. The van der Waals surface area contributed by atoms with E-state index in [-0.39, 0.29) is 0 Å². The largest absolute Gasteiger partial charge is 0.383 e. The summed E-state index contributed by atoms with van der Waals surface area (Å²) in [6.07, 6.45) is 2.04. The number of aromatic nitrogens is 2. The summed E-state index contributed by atoms with van der Waals surface area (Å²) in [4.78, 5) is 1.31. The number of benzene rings is 1. The lowest BCUT2D eigenvalue weighted by atomic mass is 10.4. The lowest BCUT2D eigenvalue weighted by molar-refractivity contribution is 0.199. The number of hydrogen-bond acceptors (Lipinski definition) is 4. The number of rotatable bonds is 9. The van der Waals surface area contributed by atoms with Gasteiger partial charge >= 0.3 is 0 Å². The molecule has 2 rings (SSSR count). The Morgan fingerprint density at radius 2 is 2.10 bits per heavy atom. The van der Waals surface area contributed by atoms with Crippen molar-refractivity contribution in [2.24, 2.45) is 0 Å². The molecule has 108 valence electrons. The maximum Gasteiger partial charge on any atom is 0.0762 e. The van der Waals surface area contributed by atoms with Crippen molar-refractivity contribution in [2.75, 3.05) is 26.0 Å². The molecule has 1 aromatic heterocycles. The summed E-state index contributed by atoms with van der Waals surface area (Å²) < 4.78 is 6.99. The third-order valence-corrected chi connectivity index (χ3v) is 3.81. The highest BCUT2D eigenvalue weighted by Gasteiger charge is 1.99. The minimum Gasteiger partial charge on any atom is -0.383 e. The van der Waals surface area contributed by atoms with Gasteiger partial charge in [0.25, 0.3) is 0 Å². The highest BCUT2D eigenvalue weighted by Crippen LogP contribution is 2.16. The van der Waals surface area contributed by atoms with Gasteiger partial charge in [0.05, 0.1) is 18.8 Å². The zero-order valence-electron chi connectivity index (χ0n) is 11.8. The molecule has 1 heterocycles. The van der Waals surface area contributed by atoms with E-state index in [2.05, 4.69) is 40.7 Å². The zero-order valence-corrected chi connectivity index (χ0v) is 12.6. The SMILES string of the molecule is COCCNCc1ccn(CCSc2ccccc2)n1. The third-order valence-electron chi connectivity index (χ3n) is 2.82. The summed E-state index contributed by atoms with van der Waals surface area (Å²) in [5.41, 5.74) is 1.07. The van der Waals surface area contributed by atoms with Crippen LogP contribution in [0.2, 0.25) is 0 Å². The molecule has 0 amide bonds. The van der Waals surface area contributed by atoms with Gasteiger partial charge in [0.1, 0.15) is 0 Å². The van der Waals surface area contributed by atoms with E-state index in [1.807, 2.05) is 28.7 Å². The monoisotopic (exact) mass is 291 g/mol. The molecule has 4 nitrogen and oxygen atoms in total. The Kier molecular flexibility index (Phi) is 6.63. The summed E-state index contributed by atoms with van der Waals surface area (Å²) in [6.45, 7) is 3.31. The van der Waals surface area contributed by atoms with Gasteiger partial charge in [-0.2, -0.15) is 5.10 Å². The van der Waals surface area contributed by atoms with Gasteiger partial charge in [-0.05, 0) is 18.2 Å². The van der Waals surface area contributed by atoms with Crippen molar-refractivity contribution in [3.8, 4) is 0 Å². The lowest BCUT2D eigenvalue weighted by Gasteiger charge is -2.03. The molecule has 0 aliphatic rings. The summed E-state index contributed by atoms with van der Waals surface area (Å²) >= 11 is 1.86. The fourth-order valence-electron chi connectivity index (χ4n) is 1.79. The Hall–Kier alpha value is -1.30. The molecule has 0 bridgehead atoms. The maximum absolute atomic E-state index is 4.99. The quantitative estimate of drug-likeness (QED) is 0.569. The molecule has 1 N–H and O–H groups in total. The molecule has 0 fully saturated rings. The van der Waals surface area contributed by atoms with Crippen molar-refractivity contribution in [3.05, 3.63) is 48.3 Å². The molecule has 0 aliphatic heterocycles. The molecule has 2 aromatic rings. The van der Waals surface area contributed by atoms with Crippen LogP contribution in [0.25, 0.3) is 0 Å². The first-order valence-corrected chi connectivity index (χ1v) is 7.77. The van der Waals surface area contributed by atoms with Gasteiger partial charge in [0.15, 0.2) is 0 Å². The second-order valence-electron chi connectivity index (χ2n) is 4.40. The van der Waals surface area contributed by atoms with E-state index < -0.39 is 0 Å². The molecule has 0 atom stereocenters. The number of thioether (sulfide) groups is 1. The molecule has 0 saturated carbocycles. The van der Waals surface area contributed by atoms with Gasteiger partial charge < -0.3 is 10.1 Å². The van der Waals surface area contributed by atoms with Crippen molar-refractivity contribution >= 4 is 11.8 Å². The van der Waals surface area contributed by atoms with E-state index in [0.29, 0.717) is 0 Å². The van der Waals surface area contributed by atoms with Crippen molar-refractivity contribution in [1.29, 1.82) is 0 Å². The predicted octanol–water partition coefficient (Wildman–Crippen LogP) is 2.41. The van der Waals surface area contributed by atoms with Crippen LogP contribution in [0.15, 0.2) is 47.5 Å². The first kappa shape index (κ1) is 15.1. The van der Waals surface area contributed by atoms with Gasteiger partial charge in [-0.1, -0.05) is 18.2 Å². The van der Waals surface area contributed by atoms with Crippen LogP contribution in [0, 0.1) is 0 Å². The normalized spacial score (nSPS) is 10.8. The van der Waals surface area contributed by atoms with Gasteiger partial charge in [-0.3, -0.25) is 4.68 Å². The van der Waals surface area contributed by atoms with Crippen LogP contribution in [-0.2, 0) is 17.8 Å². The molecule has 0 spiro atoms. The minimum absolute atomic E-state index is 0.731. The van der Waals surface area contributed by atoms with Crippen LogP contribution < -0.4 is 5.32 Å². The number of aryl methyl sites for hydroxylation is 1. The fourth-order valence-corrected chi connectivity index (χ4v) is 2.65. The van der Waals surface area contributed by atoms with Crippen molar-refractivity contribution in [2.45, 2.75) is 18.0 Å². The van der Waals surface area contributed by atoms with Gasteiger partial charge in [-0.25, -0.2) is 0 Å². The van der Waals surface area contributed by atoms with Gasteiger partial charge in [0, 0.05) is 37.0 Å². The average Bonchev–Trinajstić information content (AvgIpc) is 2.93. The number of methoxy groups -OCH3 is 1. The maximum atomic E-state index is 4.99. The molecule has 1 aromatic carbocycles. The van der Waals surface area contributed by atoms with Crippen LogP contribution in [0.1, 0.15) is 5.69 Å². The summed E-state index contributed by atoms with van der Waals surface area (Å²) in [7, 11) is 1.71. The molecule has 0 aliphatic carbocycles. The van der Waals surface area contributed by atoms with Crippen LogP contribution in [0.3, 0.4) is 0 Å². The Balaban J connectivity index is 1.67. The smallest absolute Gasteiger partial charge is 0.0762 e.